The van der Waals surface area contributed by atoms with Crippen LogP contribution in [-0.4, -0.2) is 33.0 Å². The summed E-state index contributed by atoms with van der Waals surface area (Å²) in [6, 6.07) is 16.2. The lowest BCUT2D eigenvalue weighted by Crippen LogP contribution is -2.16. The fraction of sp³-hybridized carbons (Fsp3) is 0.0909. The number of carbonyl (C=O) groups excluding carboxylic acids is 1. The minimum Gasteiger partial charge on any atom is -0.468 e. The fourth-order valence-corrected chi connectivity index (χ4v) is 2.88. The number of benzene rings is 2. The van der Waals surface area contributed by atoms with Crippen LogP contribution < -0.4 is 10.1 Å². The predicted octanol–water partition coefficient (Wildman–Crippen LogP) is 3.74. The molecule has 1 atom stereocenters. The van der Waals surface area contributed by atoms with E-state index in [1.54, 1.807) is 48.7 Å². The van der Waals surface area contributed by atoms with Crippen LogP contribution in [0.4, 0.5) is 11.5 Å². The summed E-state index contributed by atoms with van der Waals surface area (Å²) in [4.78, 5) is 29.3. The van der Waals surface area contributed by atoms with E-state index >= 15 is 0 Å². The van der Waals surface area contributed by atoms with Gasteiger partial charge in [-0.1, -0.05) is 18.2 Å². The highest BCUT2D eigenvalue weighted by Gasteiger charge is 2.27. The van der Waals surface area contributed by atoms with Crippen molar-refractivity contribution in [2.24, 2.45) is 0 Å². The Labute approximate surface area is 177 Å². The summed E-state index contributed by atoms with van der Waals surface area (Å²) in [5.41, 5.74) is 1.97. The van der Waals surface area contributed by atoms with Crippen LogP contribution in [0.25, 0.3) is 11.0 Å². The first kappa shape index (κ1) is 19.7. The normalized spacial score (nSPS) is 11.4. The highest BCUT2D eigenvalue weighted by Crippen LogP contribution is 2.29. The third kappa shape index (κ3) is 4.38. The highest BCUT2D eigenvalue weighted by molar-refractivity contribution is 5.85. The summed E-state index contributed by atoms with van der Waals surface area (Å²) < 4.78 is 10.5. The van der Waals surface area contributed by atoms with Crippen LogP contribution in [0.5, 0.6) is 11.6 Å². The molecule has 0 aliphatic rings. The van der Waals surface area contributed by atoms with Crippen molar-refractivity contribution < 1.29 is 14.3 Å². The number of esters is 1. The molecule has 0 fully saturated rings. The number of rotatable bonds is 6. The number of fused-ring (bicyclic) bond motifs is 1. The second-order valence-corrected chi connectivity index (χ2v) is 6.33. The Balaban J connectivity index is 1.72. The van der Waals surface area contributed by atoms with E-state index in [-0.39, 0.29) is 11.5 Å². The molecule has 9 heteroatoms. The number of anilines is 2. The van der Waals surface area contributed by atoms with Crippen LogP contribution in [-0.2, 0) is 9.53 Å². The molecule has 31 heavy (non-hydrogen) atoms. The molecule has 2 heterocycles. The van der Waals surface area contributed by atoms with Gasteiger partial charge in [0.1, 0.15) is 11.4 Å². The van der Waals surface area contributed by atoms with E-state index in [2.05, 4.69) is 25.3 Å². The number of nitrogens with one attached hydrogen (secondary N) is 1. The zero-order valence-corrected chi connectivity index (χ0v) is 16.4. The number of carbonyl (C=O) groups is 1. The van der Waals surface area contributed by atoms with Crippen molar-refractivity contribution >= 4 is 28.5 Å². The summed E-state index contributed by atoms with van der Waals surface area (Å²) in [5.74, 6) is -0.808. The Bertz CT molecular complexity index is 1270. The van der Waals surface area contributed by atoms with Crippen LogP contribution in [0, 0.1) is 11.3 Å². The van der Waals surface area contributed by atoms with Crippen LogP contribution >= 0.6 is 0 Å². The first-order valence-electron chi connectivity index (χ1n) is 9.23. The molecule has 1 unspecified atom stereocenters. The van der Waals surface area contributed by atoms with E-state index in [4.69, 9.17) is 9.47 Å². The summed E-state index contributed by atoms with van der Waals surface area (Å²) in [6.45, 7) is 0. The Morgan fingerprint density at radius 1 is 1.10 bits per heavy atom. The van der Waals surface area contributed by atoms with E-state index in [9.17, 15) is 10.1 Å². The molecule has 4 aromatic rings. The van der Waals surface area contributed by atoms with Crippen molar-refractivity contribution in [3.63, 3.8) is 0 Å². The van der Waals surface area contributed by atoms with Gasteiger partial charge in [-0.2, -0.15) is 5.26 Å². The van der Waals surface area contributed by atoms with Crippen molar-refractivity contribution in [3.8, 4) is 17.7 Å². The molecule has 0 aliphatic carbocycles. The molecular formula is C22H16N6O3. The number of nitrogens with zero attached hydrogens (tertiary/aromatic N) is 5. The monoisotopic (exact) mass is 412 g/mol. The van der Waals surface area contributed by atoms with Gasteiger partial charge in [-0.05, 0) is 24.3 Å². The fourth-order valence-electron chi connectivity index (χ4n) is 2.88. The summed E-state index contributed by atoms with van der Waals surface area (Å²) in [5, 5.41) is 12.7. The smallest absolute Gasteiger partial charge is 0.329 e. The SMILES string of the molecule is COC(=O)C(C#N)c1nc2ccccc2nc1Nc1cccc(Oc2cnccn2)c1. The largest absolute Gasteiger partial charge is 0.468 e. The van der Waals surface area contributed by atoms with E-state index in [0.29, 0.717) is 28.4 Å². The zero-order chi connectivity index (χ0) is 21.6. The van der Waals surface area contributed by atoms with E-state index < -0.39 is 11.9 Å². The molecular weight excluding hydrogens is 396 g/mol. The first-order valence-corrected chi connectivity index (χ1v) is 9.23. The topological polar surface area (TPSA) is 123 Å². The first-order chi connectivity index (χ1) is 15.2. The Morgan fingerprint density at radius 2 is 1.90 bits per heavy atom. The second-order valence-electron chi connectivity index (χ2n) is 6.33. The number of nitriles is 1. The molecule has 1 N–H and O–H groups in total. The Hall–Kier alpha value is -4.58. The molecule has 0 aliphatic heterocycles. The lowest BCUT2D eigenvalue weighted by Gasteiger charge is -2.15. The number of ether oxygens (including phenoxy) is 2. The third-order valence-electron chi connectivity index (χ3n) is 4.30. The maximum Gasteiger partial charge on any atom is 0.329 e. The number of hydrogen-bond donors (Lipinski definition) is 1. The summed E-state index contributed by atoms with van der Waals surface area (Å²) in [6.07, 6.45) is 4.59. The van der Waals surface area contributed by atoms with E-state index in [0.717, 1.165) is 0 Å². The molecule has 0 spiro atoms. The number of para-hydroxylation sites is 2. The lowest BCUT2D eigenvalue weighted by atomic mass is 10.1. The molecule has 2 aromatic carbocycles. The Morgan fingerprint density at radius 3 is 2.61 bits per heavy atom. The minimum atomic E-state index is -1.23. The number of aromatic nitrogens is 4. The van der Waals surface area contributed by atoms with Gasteiger partial charge in [-0.25, -0.2) is 15.0 Å². The molecule has 4 rings (SSSR count). The molecule has 0 saturated carbocycles. The van der Waals surface area contributed by atoms with Crippen molar-refractivity contribution in [3.05, 3.63) is 72.8 Å². The molecule has 152 valence electrons. The van der Waals surface area contributed by atoms with Gasteiger partial charge in [0.25, 0.3) is 0 Å². The standard InChI is InChI=1S/C22H16N6O3/c1-30-22(29)16(12-23)20-21(28-18-8-3-2-7-17(18)27-20)26-14-5-4-6-15(11-14)31-19-13-24-9-10-25-19/h2-11,13,16H,1H3,(H,26,28). The molecule has 9 nitrogen and oxygen atoms in total. The van der Waals surface area contributed by atoms with Gasteiger partial charge < -0.3 is 14.8 Å². The van der Waals surface area contributed by atoms with Crippen molar-refractivity contribution in [1.29, 1.82) is 5.26 Å². The predicted molar refractivity (Wildman–Crippen MR) is 112 cm³/mol. The maximum absolute atomic E-state index is 12.2. The minimum absolute atomic E-state index is 0.174. The average molecular weight is 412 g/mol. The van der Waals surface area contributed by atoms with E-state index in [1.807, 2.05) is 12.1 Å². The Kier molecular flexibility index (Phi) is 5.62. The van der Waals surface area contributed by atoms with Gasteiger partial charge in [-0.3, -0.25) is 9.78 Å². The average Bonchev–Trinajstić information content (AvgIpc) is 2.80. The second kappa shape index (κ2) is 8.84. The summed E-state index contributed by atoms with van der Waals surface area (Å²) >= 11 is 0. The molecule has 0 bridgehead atoms. The van der Waals surface area contributed by atoms with Crippen molar-refractivity contribution in [2.45, 2.75) is 5.92 Å². The van der Waals surface area contributed by atoms with Crippen LogP contribution in [0.2, 0.25) is 0 Å². The summed E-state index contributed by atoms with van der Waals surface area (Å²) in [7, 11) is 1.22. The van der Waals surface area contributed by atoms with Crippen LogP contribution in [0.1, 0.15) is 11.6 Å². The van der Waals surface area contributed by atoms with Gasteiger partial charge >= 0.3 is 5.97 Å². The van der Waals surface area contributed by atoms with Gasteiger partial charge in [0.05, 0.1) is 30.4 Å². The van der Waals surface area contributed by atoms with Gasteiger partial charge in [0.2, 0.25) is 5.88 Å². The lowest BCUT2D eigenvalue weighted by molar-refractivity contribution is -0.141. The molecule has 0 amide bonds. The van der Waals surface area contributed by atoms with Gasteiger partial charge in [0, 0.05) is 24.1 Å². The van der Waals surface area contributed by atoms with Gasteiger partial charge in [-0.15, -0.1) is 0 Å². The van der Waals surface area contributed by atoms with E-state index in [1.165, 1.54) is 19.5 Å². The number of hydrogen-bond acceptors (Lipinski definition) is 9. The van der Waals surface area contributed by atoms with Crippen molar-refractivity contribution in [1.82, 2.24) is 19.9 Å². The molecule has 0 saturated heterocycles. The van der Waals surface area contributed by atoms with Crippen LogP contribution in [0.15, 0.2) is 67.1 Å². The number of methoxy groups -OCH3 is 1. The molecule has 0 radical (unpaired) electrons. The quantitative estimate of drug-likeness (QED) is 0.472. The van der Waals surface area contributed by atoms with Crippen molar-refractivity contribution in [2.75, 3.05) is 12.4 Å². The van der Waals surface area contributed by atoms with Gasteiger partial charge in [0.15, 0.2) is 11.7 Å². The highest BCUT2D eigenvalue weighted by atomic mass is 16.5. The third-order valence-corrected chi connectivity index (χ3v) is 4.30. The zero-order valence-electron chi connectivity index (χ0n) is 16.4. The van der Waals surface area contributed by atoms with Crippen LogP contribution in [0.3, 0.4) is 0 Å². The maximum atomic E-state index is 12.2. The molecule has 2 aromatic heterocycles.